The first-order valence-corrected chi connectivity index (χ1v) is 12.9. The van der Waals surface area contributed by atoms with Gasteiger partial charge in [0.2, 0.25) is 0 Å². The van der Waals surface area contributed by atoms with Gasteiger partial charge in [-0.3, -0.25) is 4.79 Å². The van der Waals surface area contributed by atoms with Gasteiger partial charge in [-0.1, -0.05) is 48.6 Å². The number of ether oxygens (including phenoxy) is 1. The van der Waals surface area contributed by atoms with E-state index in [2.05, 4.69) is 41.4 Å². The van der Waals surface area contributed by atoms with Crippen LogP contribution in [0.3, 0.4) is 0 Å². The van der Waals surface area contributed by atoms with Crippen LogP contribution in [0.4, 0.5) is 4.79 Å². The number of hydrogen-bond donors (Lipinski definition) is 2. The van der Waals surface area contributed by atoms with Crippen LogP contribution in [0.15, 0.2) is 76.9 Å². The number of H-pyrrole nitrogens is 1. The van der Waals surface area contributed by atoms with E-state index in [9.17, 15) is 14.7 Å². The summed E-state index contributed by atoms with van der Waals surface area (Å²) in [4.78, 5) is 28.6. The zero-order valence-corrected chi connectivity index (χ0v) is 21.1. The number of rotatable bonds is 7. The average molecular weight is 501 g/mol. The number of nitrogens with zero attached hydrogens (tertiary/aromatic N) is 1. The van der Waals surface area contributed by atoms with Crippen LogP contribution in [0, 0.1) is 0 Å². The number of pyridine rings is 1. The molecule has 0 spiro atoms. The van der Waals surface area contributed by atoms with Gasteiger partial charge in [-0.05, 0) is 54.5 Å². The molecule has 0 bridgehead atoms. The number of benzene rings is 2. The number of allylic oxidation sites excluding steroid dienone is 4. The Kier molecular flexibility index (Phi) is 6.41. The second-order valence-corrected chi connectivity index (χ2v) is 9.94. The molecule has 4 aromatic rings. The molecule has 5 rings (SSSR count). The molecule has 2 N–H and O–H groups in total. The highest BCUT2D eigenvalue weighted by Crippen LogP contribution is 2.42. The van der Waals surface area contributed by atoms with E-state index in [1.165, 1.54) is 16.2 Å². The topological polar surface area (TPSA) is 82.6 Å². The standard InChI is InChI=1S/C29H28N2O4S/c1-3-31(28(33)34)17-16-29(14-5-4-6-15-29)20-9-7-19(8-10-20)24-23(35-2)12-11-22-25(24)21-13-18-36-26(21)27(32)30-22/h4-14,18H,3,15-17H2,1-2H3,(H,30,32)(H,33,34). The van der Waals surface area contributed by atoms with E-state index in [0.29, 0.717) is 24.2 Å². The molecule has 1 unspecified atom stereocenters. The lowest BCUT2D eigenvalue weighted by atomic mass is 9.72. The SMILES string of the molecule is CCN(CCC1(c2ccc(-c3c(OC)ccc4[nH]c(=O)c5sccc5c34)cc2)C=CC=CC1)C(=O)O. The predicted molar refractivity (Wildman–Crippen MR) is 146 cm³/mol. The van der Waals surface area contributed by atoms with Crippen LogP contribution in [-0.4, -0.2) is 41.3 Å². The quantitative estimate of drug-likeness (QED) is 0.301. The Balaban J connectivity index is 1.60. The Morgan fingerprint density at radius 3 is 2.64 bits per heavy atom. The van der Waals surface area contributed by atoms with Gasteiger partial charge in [-0.15, -0.1) is 11.3 Å². The summed E-state index contributed by atoms with van der Waals surface area (Å²) in [5.74, 6) is 0.741. The van der Waals surface area contributed by atoms with Crippen molar-refractivity contribution in [1.29, 1.82) is 0 Å². The molecular formula is C29H28N2O4S. The summed E-state index contributed by atoms with van der Waals surface area (Å²) in [6.45, 7) is 2.79. The first kappa shape index (κ1) is 23.9. The third-order valence-electron chi connectivity index (χ3n) is 7.15. The number of carbonyl (C=O) groups is 1. The van der Waals surface area contributed by atoms with Crippen LogP contribution in [0.1, 0.15) is 25.3 Å². The molecule has 2 heterocycles. The van der Waals surface area contributed by atoms with Crippen molar-refractivity contribution in [2.75, 3.05) is 20.2 Å². The van der Waals surface area contributed by atoms with Crippen LogP contribution < -0.4 is 10.3 Å². The zero-order chi connectivity index (χ0) is 25.3. The molecule has 0 saturated heterocycles. The summed E-state index contributed by atoms with van der Waals surface area (Å²) < 4.78 is 6.46. The average Bonchev–Trinajstić information content (AvgIpc) is 3.40. The van der Waals surface area contributed by atoms with Gasteiger partial charge in [-0.2, -0.15) is 0 Å². The molecule has 1 atom stereocenters. The molecular weight excluding hydrogens is 472 g/mol. The molecule has 2 aromatic heterocycles. The van der Waals surface area contributed by atoms with Crippen LogP contribution in [0.5, 0.6) is 5.75 Å². The first-order chi connectivity index (χ1) is 17.5. The predicted octanol–water partition coefficient (Wildman–Crippen LogP) is 6.56. The Bertz CT molecular complexity index is 1550. The maximum absolute atomic E-state index is 12.6. The number of hydrogen-bond acceptors (Lipinski definition) is 4. The number of aromatic amines is 1. The normalized spacial score (nSPS) is 17.1. The van der Waals surface area contributed by atoms with Crippen molar-refractivity contribution in [1.82, 2.24) is 9.88 Å². The summed E-state index contributed by atoms with van der Waals surface area (Å²) in [6.07, 6.45) is 9.04. The Morgan fingerprint density at radius 1 is 1.17 bits per heavy atom. The highest BCUT2D eigenvalue weighted by atomic mass is 32.1. The molecule has 1 aliphatic rings. The van der Waals surface area contributed by atoms with Gasteiger partial charge in [0, 0.05) is 40.4 Å². The summed E-state index contributed by atoms with van der Waals surface area (Å²) in [5.41, 5.74) is 3.49. The van der Waals surface area contributed by atoms with E-state index in [4.69, 9.17) is 4.74 Å². The van der Waals surface area contributed by atoms with Crippen molar-refractivity contribution in [3.05, 3.63) is 88.1 Å². The fourth-order valence-electron chi connectivity index (χ4n) is 5.19. The van der Waals surface area contributed by atoms with Crippen molar-refractivity contribution in [2.45, 2.75) is 25.2 Å². The maximum Gasteiger partial charge on any atom is 0.407 e. The summed E-state index contributed by atoms with van der Waals surface area (Å²) in [6, 6.07) is 14.2. The van der Waals surface area contributed by atoms with Crippen LogP contribution in [-0.2, 0) is 5.41 Å². The number of amides is 1. The van der Waals surface area contributed by atoms with E-state index in [1.807, 2.05) is 42.7 Å². The monoisotopic (exact) mass is 500 g/mol. The number of carboxylic acid groups (broad SMARTS) is 1. The van der Waals surface area contributed by atoms with Gasteiger partial charge in [0.25, 0.3) is 5.56 Å². The minimum Gasteiger partial charge on any atom is -0.496 e. The lowest BCUT2D eigenvalue weighted by Gasteiger charge is -2.34. The number of methoxy groups -OCH3 is 1. The Hall–Kier alpha value is -3.84. The fraction of sp³-hybridized carbons (Fsp3) is 0.241. The molecule has 1 amide bonds. The molecule has 0 aliphatic heterocycles. The van der Waals surface area contributed by atoms with Gasteiger partial charge >= 0.3 is 6.09 Å². The van der Waals surface area contributed by atoms with Gasteiger partial charge < -0.3 is 19.7 Å². The van der Waals surface area contributed by atoms with Gasteiger partial charge in [0.1, 0.15) is 10.4 Å². The van der Waals surface area contributed by atoms with E-state index in [0.717, 1.165) is 45.1 Å². The summed E-state index contributed by atoms with van der Waals surface area (Å²) in [5, 5.41) is 13.3. The Morgan fingerprint density at radius 2 is 1.97 bits per heavy atom. The second kappa shape index (κ2) is 9.66. The molecule has 0 radical (unpaired) electrons. The van der Waals surface area contributed by atoms with Crippen molar-refractivity contribution < 1.29 is 14.6 Å². The third-order valence-corrected chi connectivity index (χ3v) is 8.06. The number of fused-ring (bicyclic) bond motifs is 3. The van der Waals surface area contributed by atoms with Gasteiger partial charge in [-0.25, -0.2) is 4.79 Å². The van der Waals surface area contributed by atoms with E-state index in [-0.39, 0.29) is 11.0 Å². The van der Waals surface area contributed by atoms with E-state index < -0.39 is 6.09 Å². The van der Waals surface area contributed by atoms with Crippen molar-refractivity contribution in [2.24, 2.45) is 0 Å². The molecule has 2 aromatic carbocycles. The number of aromatic nitrogens is 1. The third kappa shape index (κ3) is 4.09. The molecule has 0 fully saturated rings. The second-order valence-electron chi connectivity index (χ2n) is 9.02. The van der Waals surface area contributed by atoms with Crippen LogP contribution >= 0.6 is 11.3 Å². The molecule has 1 aliphatic carbocycles. The van der Waals surface area contributed by atoms with E-state index >= 15 is 0 Å². The fourth-order valence-corrected chi connectivity index (χ4v) is 5.98. The molecule has 6 nitrogen and oxygen atoms in total. The van der Waals surface area contributed by atoms with Crippen molar-refractivity contribution in [3.63, 3.8) is 0 Å². The highest BCUT2D eigenvalue weighted by Gasteiger charge is 2.30. The molecule has 184 valence electrons. The summed E-state index contributed by atoms with van der Waals surface area (Å²) >= 11 is 1.43. The molecule has 7 heteroatoms. The molecule has 0 saturated carbocycles. The maximum atomic E-state index is 12.6. The van der Waals surface area contributed by atoms with E-state index in [1.54, 1.807) is 7.11 Å². The Labute approximate surface area is 213 Å². The van der Waals surface area contributed by atoms with Crippen LogP contribution in [0.2, 0.25) is 0 Å². The van der Waals surface area contributed by atoms with Crippen molar-refractivity contribution in [3.8, 4) is 16.9 Å². The van der Waals surface area contributed by atoms with Crippen molar-refractivity contribution >= 4 is 38.4 Å². The zero-order valence-electron chi connectivity index (χ0n) is 20.3. The number of nitrogens with one attached hydrogen (secondary N) is 1. The summed E-state index contributed by atoms with van der Waals surface area (Å²) in [7, 11) is 1.66. The first-order valence-electron chi connectivity index (χ1n) is 12.0. The lowest BCUT2D eigenvalue weighted by molar-refractivity contribution is 0.144. The largest absolute Gasteiger partial charge is 0.496 e. The molecule has 36 heavy (non-hydrogen) atoms. The lowest BCUT2D eigenvalue weighted by Crippen LogP contribution is -2.35. The minimum atomic E-state index is -0.890. The minimum absolute atomic E-state index is 0.0828. The number of thiophene rings is 1. The van der Waals surface area contributed by atoms with Crippen LogP contribution in [0.25, 0.3) is 32.1 Å². The van der Waals surface area contributed by atoms with Gasteiger partial charge in [0.15, 0.2) is 0 Å². The highest BCUT2D eigenvalue weighted by molar-refractivity contribution is 7.17. The van der Waals surface area contributed by atoms with Gasteiger partial charge in [0.05, 0.1) is 7.11 Å². The smallest absolute Gasteiger partial charge is 0.407 e.